The molecule has 0 saturated carbocycles. The van der Waals surface area contributed by atoms with E-state index in [1.165, 1.54) is 4.90 Å². The van der Waals surface area contributed by atoms with Gasteiger partial charge in [0.1, 0.15) is 24.3 Å². The van der Waals surface area contributed by atoms with Gasteiger partial charge in [0.2, 0.25) is 5.91 Å². The van der Waals surface area contributed by atoms with Crippen LogP contribution in [-0.2, 0) is 23.9 Å². The Labute approximate surface area is 150 Å². The molecule has 1 rings (SSSR count). The average molecular weight is 356 g/mol. The number of hydrogen-bond donors (Lipinski definition) is 0. The molecule has 25 heavy (non-hydrogen) atoms. The molecular formula is C18H32N2O5. The van der Waals surface area contributed by atoms with Gasteiger partial charge in [-0.25, -0.2) is 0 Å². The number of hydrogen-bond acceptors (Lipinski definition) is 6. The van der Waals surface area contributed by atoms with E-state index in [0.29, 0.717) is 0 Å². The lowest BCUT2D eigenvalue weighted by molar-refractivity contribution is -0.164. The van der Waals surface area contributed by atoms with Gasteiger partial charge in [0.05, 0.1) is 6.54 Å². The van der Waals surface area contributed by atoms with Crippen LogP contribution < -0.4 is 0 Å². The molecule has 7 heteroatoms. The SMILES string of the molecule is CC(C)(C)OC(=O)CN(CC(=O)OC(C)(C)C)C(=O)CN1CCCC1. The van der Waals surface area contributed by atoms with Crippen molar-refractivity contribution in [2.24, 2.45) is 0 Å². The van der Waals surface area contributed by atoms with Crippen LogP contribution in [0.4, 0.5) is 0 Å². The van der Waals surface area contributed by atoms with Crippen LogP contribution >= 0.6 is 0 Å². The highest BCUT2D eigenvalue weighted by Crippen LogP contribution is 2.11. The van der Waals surface area contributed by atoms with Crippen LogP contribution in [0.5, 0.6) is 0 Å². The molecule has 0 radical (unpaired) electrons. The summed E-state index contributed by atoms with van der Waals surface area (Å²) in [6.07, 6.45) is 2.12. The van der Waals surface area contributed by atoms with Crippen molar-refractivity contribution in [1.29, 1.82) is 0 Å². The maximum Gasteiger partial charge on any atom is 0.326 e. The molecule has 0 atom stereocenters. The lowest BCUT2D eigenvalue weighted by Gasteiger charge is -2.27. The summed E-state index contributed by atoms with van der Waals surface area (Å²) in [6, 6.07) is 0. The van der Waals surface area contributed by atoms with Crippen LogP contribution in [0.1, 0.15) is 54.4 Å². The third-order valence-electron chi connectivity index (χ3n) is 3.39. The van der Waals surface area contributed by atoms with Gasteiger partial charge in [-0.2, -0.15) is 0 Å². The third-order valence-corrected chi connectivity index (χ3v) is 3.39. The lowest BCUT2D eigenvalue weighted by atomic mass is 10.2. The highest BCUT2D eigenvalue weighted by atomic mass is 16.6. The van der Waals surface area contributed by atoms with Crippen LogP contribution in [0.3, 0.4) is 0 Å². The van der Waals surface area contributed by atoms with Crippen molar-refractivity contribution in [3.63, 3.8) is 0 Å². The zero-order valence-corrected chi connectivity index (χ0v) is 16.4. The highest BCUT2D eigenvalue weighted by molar-refractivity contribution is 5.87. The maximum absolute atomic E-state index is 12.6. The number of carbonyl (C=O) groups excluding carboxylic acids is 3. The number of nitrogens with zero attached hydrogens (tertiary/aromatic N) is 2. The summed E-state index contributed by atoms with van der Waals surface area (Å²) < 4.78 is 10.5. The largest absolute Gasteiger partial charge is 0.459 e. The van der Waals surface area contributed by atoms with Gasteiger partial charge in [-0.15, -0.1) is 0 Å². The van der Waals surface area contributed by atoms with E-state index in [0.717, 1.165) is 25.9 Å². The second-order valence-corrected chi connectivity index (χ2v) is 8.41. The molecule has 1 aliphatic heterocycles. The van der Waals surface area contributed by atoms with Crippen LogP contribution in [0.2, 0.25) is 0 Å². The van der Waals surface area contributed by atoms with Crippen LogP contribution in [-0.4, -0.2) is 71.6 Å². The number of carbonyl (C=O) groups is 3. The van der Waals surface area contributed by atoms with Crippen LogP contribution in [0.15, 0.2) is 0 Å². The van der Waals surface area contributed by atoms with E-state index in [1.54, 1.807) is 41.5 Å². The maximum atomic E-state index is 12.6. The molecule has 0 bridgehead atoms. The second-order valence-electron chi connectivity index (χ2n) is 8.41. The minimum absolute atomic E-state index is 0.200. The second kappa shape index (κ2) is 8.65. The van der Waals surface area contributed by atoms with Crippen LogP contribution in [0.25, 0.3) is 0 Å². The Hall–Kier alpha value is -1.63. The monoisotopic (exact) mass is 356 g/mol. The van der Waals surface area contributed by atoms with E-state index in [2.05, 4.69) is 0 Å². The Morgan fingerprint density at radius 3 is 1.60 bits per heavy atom. The number of esters is 2. The molecule has 0 aromatic rings. The van der Waals surface area contributed by atoms with Crippen molar-refractivity contribution in [2.45, 2.75) is 65.6 Å². The van der Waals surface area contributed by atoms with E-state index >= 15 is 0 Å². The summed E-state index contributed by atoms with van der Waals surface area (Å²) in [5, 5.41) is 0. The Balaban J connectivity index is 2.72. The van der Waals surface area contributed by atoms with Gasteiger partial charge in [-0.1, -0.05) is 0 Å². The molecule has 0 spiro atoms. The van der Waals surface area contributed by atoms with Crippen molar-refractivity contribution >= 4 is 17.8 Å². The fourth-order valence-corrected chi connectivity index (χ4v) is 2.52. The zero-order valence-electron chi connectivity index (χ0n) is 16.4. The first kappa shape index (κ1) is 21.4. The fourth-order valence-electron chi connectivity index (χ4n) is 2.52. The Bertz CT molecular complexity index is 455. The molecule has 1 heterocycles. The fraction of sp³-hybridized carbons (Fsp3) is 0.833. The van der Waals surface area contributed by atoms with E-state index in [4.69, 9.17) is 9.47 Å². The van der Waals surface area contributed by atoms with Gasteiger partial charge in [-0.3, -0.25) is 19.3 Å². The Kier molecular flexibility index (Phi) is 7.41. The van der Waals surface area contributed by atoms with E-state index in [9.17, 15) is 14.4 Å². The molecule has 1 amide bonds. The summed E-state index contributed by atoms with van der Waals surface area (Å²) in [5.74, 6) is -1.34. The van der Waals surface area contributed by atoms with Gasteiger partial charge >= 0.3 is 11.9 Å². The smallest absolute Gasteiger partial charge is 0.326 e. The molecular weight excluding hydrogens is 324 g/mol. The number of likely N-dealkylation sites (tertiary alicyclic amines) is 1. The van der Waals surface area contributed by atoms with Crippen molar-refractivity contribution in [1.82, 2.24) is 9.80 Å². The minimum Gasteiger partial charge on any atom is -0.459 e. The van der Waals surface area contributed by atoms with Crippen LogP contribution in [0, 0.1) is 0 Å². The first-order valence-corrected chi connectivity index (χ1v) is 8.79. The first-order valence-electron chi connectivity index (χ1n) is 8.79. The number of rotatable bonds is 6. The van der Waals surface area contributed by atoms with Gasteiger partial charge in [-0.05, 0) is 67.5 Å². The van der Waals surface area contributed by atoms with Gasteiger partial charge in [0.25, 0.3) is 0 Å². The standard InChI is InChI=1S/C18H32N2O5/c1-17(2,3)24-15(22)12-20(13-16(23)25-18(4,5)6)14(21)11-19-9-7-8-10-19/h7-13H2,1-6H3. The first-order chi connectivity index (χ1) is 11.4. The summed E-state index contributed by atoms with van der Waals surface area (Å²) in [7, 11) is 0. The molecule has 0 aromatic heterocycles. The van der Waals surface area contributed by atoms with Gasteiger partial charge in [0, 0.05) is 0 Å². The van der Waals surface area contributed by atoms with Gasteiger partial charge < -0.3 is 14.4 Å². The molecule has 1 fully saturated rings. The quantitative estimate of drug-likeness (QED) is 0.673. The molecule has 7 nitrogen and oxygen atoms in total. The molecule has 1 aliphatic rings. The third kappa shape index (κ3) is 9.43. The highest BCUT2D eigenvalue weighted by Gasteiger charge is 2.27. The summed E-state index contributed by atoms with van der Waals surface area (Å²) in [6.45, 7) is 12.0. The predicted octanol–water partition coefficient (Wildman–Crippen LogP) is 1.59. The Morgan fingerprint density at radius 1 is 0.840 bits per heavy atom. The Morgan fingerprint density at radius 2 is 1.24 bits per heavy atom. The molecule has 0 aromatic carbocycles. The lowest BCUT2D eigenvalue weighted by Crippen LogP contribution is -2.46. The van der Waals surface area contributed by atoms with Crippen molar-refractivity contribution in [3.8, 4) is 0 Å². The number of ether oxygens (including phenoxy) is 2. The predicted molar refractivity (Wildman–Crippen MR) is 93.9 cm³/mol. The molecule has 0 aliphatic carbocycles. The minimum atomic E-state index is -0.646. The molecule has 0 N–H and O–H groups in total. The topological polar surface area (TPSA) is 76.1 Å². The van der Waals surface area contributed by atoms with Crippen molar-refractivity contribution < 1.29 is 23.9 Å². The number of amides is 1. The zero-order chi connectivity index (χ0) is 19.3. The van der Waals surface area contributed by atoms with E-state index in [1.807, 2.05) is 4.90 Å². The van der Waals surface area contributed by atoms with Gasteiger partial charge in [0.15, 0.2) is 0 Å². The average Bonchev–Trinajstić information content (AvgIpc) is 2.86. The van der Waals surface area contributed by atoms with Crippen molar-refractivity contribution in [3.05, 3.63) is 0 Å². The summed E-state index contributed by atoms with van der Waals surface area (Å²) >= 11 is 0. The molecule has 144 valence electrons. The molecule has 0 unspecified atom stereocenters. The van der Waals surface area contributed by atoms with E-state index < -0.39 is 23.1 Å². The molecule has 1 saturated heterocycles. The van der Waals surface area contributed by atoms with Crippen molar-refractivity contribution in [2.75, 3.05) is 32.7 Å². The summed E-state index contributed by atoms with van der Waals surface area (Å²) in [4.78, 5) is 40.0. The van der Waals surface area contributed by atoms with E-state index in [-0.39, 0.29) is 25.5 Å². The summed E-state index contributed by atoms with van der Waals surface area (Å²) in [5.41, 5.74) is -1.29. The normalized spacial score (nSPS) is 15.8.